The summed E-state index contributed by atoms with van der Waals surface area (Å²) in [6, 6.07) is 15.2. The zero-order valence-corrected chi connectivity index (χ0v) is 24.2. The number of likely N-dealkylation sites (N-methyl/N-ethyl adjacent to an activating group) is 1. The van der Waals surface area contributed by atoms with Crippen LogP contribution in [0, 0.1) is 12.7 Å². The van der Waals surface area contributed by atoms with Gasteiger partial charge in [-0.3, -0.25) is 13.9 Å². The number of nitrogens with one attached hydrogen (secondary N) is 1. The van der Waals surface area contributed by atoms with Crippen LogP contribution >= 0.6 is 23.2 Å². The first-order chi connectivity index (χ1) is 18.5. The van der Waals surface area contributed by atoms with Gasteiger partial charge in [0.05, 0.1) is 20.6 Å². The molecule has 0 aliphatic heterocycles. The number of carbonyl (C=O) groups excluding carboxylic acids is 2. The highest BCUT2D eigenvalue weighted by Crippen LogP contribution is 2.31. The molecule has 11 heteroatoms. The van der Waals surface area contributed by atoms with E-state index in [9.17, 15) is 22.4 Å². The van der Waals surface area contributed by atoms with Gasteiger partial charge in [-0.2, -0.15) is 0 Å². The fourth-order valence-electron chi connectivity index (χ4n) is 4.00. The quantitative estimate of drug-likeness (QED) is 0.314. The van der Waals surface area contributed by atoms with Crippen LogP contribution in [-0.2, 0) is 26.2 Å². The first kappa shape index (κ1) is 30.4. The van der Waals surface area contributed by atoms with Crippen LogP contribution in [0.2, 0.25) is 10.0 Å². The normalized spacial score (nSPS) is 12.1. The van der Waals surface area contributed by atoms with E-state index in [4.69, 9.17) is 23.2 Å². The van der Waals surface area contributed by atoms with Crippen molar-refractivity contribution in [3.05, 3.63) is 93.7 Å². The molecule has 0 saturated heterocycles. The fourth-order valence-corrected chi connectivity index (χ4v) is 5.70. The smallest absolute Gasteiger partial charge is 0.264 e. The van der Waals surface area contributed by atoms with Crippen molar-refractivity contribution in [3.8, 4) is 0 Å². The number of sulfonamides is 1. The third-order valence-corrected chi connectivity index (χ3v) is 8.61. The maximum absolute atomic E-state index is 13.9. The molecular formula is C28H30Cl2FN3O4S. The third-order valence-electron chi connectivity index (χ3n) is 6.08. The van der Waals surface area contributed by atoms with Gasteiger partial charge in [0.1, 0.15) is 18.4 Å². The number of nitrogens with zero attached hydrogens (tertiary/aromatic N) is 2. The molecule has 0 fully saturated rings. The van der Waals surface area contributed by atoms with Crippen LogP contribution in [0.15, 0.2) is 71.6 Å². The number of rotatable bonds is 11. The number of anilines is 1. The number of carbonyl (C=O) groups is 2. The number of halogens is 3. The third kappa shape index (κ3) is 7.50. The van der Waals surface area contributed by atoms with E-state index >= 15 is 0 Å². The predicted octanol–water partition coefficient (Wildman–Crippen LogP) is 5.58. The molecule has 3 rings (SSSR count). The summed E-state index contributed by atoms with van der Waals surface area (Å²) >= 11 is 12.3. The van der Waals surface area contributed by atoms with Crippen LogP contribution in [0.4, 0.5) is 10.1 Å². The summed E-state index contributed by atoms with van der Waals surface area (Å²) in [5.41, 5.74) is 1.57. The van der Waals surface area contributed by atoms with Gasteiger partial charge in [-0.25, -0.2) is 12.8 Å². The standard InChI is InChI=1S/C28H30Cl2FN3O4S/c1-4-26(28(36)32-5-2)33(17-20-8-10-21(31)11-9-20)27(35)18-34(22-12-15-24(29)25(30)16-22)39(37,38)23-13-6-19(3)7-14-23/h6-16,26H,4-5,17-18H2,1-3H3,(H,32,36). The highest BCUT2D eigenvalue weighted by molar-refractivity contribution is 7.92. The summed E-state index contributed by atoms with van der Waals surface area (Å²) in [6.07, 6.45) is 0.274. The Hall–Kier alpha value is -3.14. The minimum absolute atomic E-state index is 0.0205. The molecule has 1 unspecified atom stereocenters. The van der Waals surface area contributed by atoms with Gasteiger partial charge in [0.2, 0.25) is 11.8 Å². The molecule has 3 aromatic rings. The molecule has 0 radical (unpaired) electrons. The minimum atomic E-state index is -4.24. The van der Waals surface area contributed by atoms with Crippen molar-refractivity contribution in [2.24, 2.45) is 0 Å². The minimum Gasteiger partial charge on any atom is -0.355 e. The maximum atomic E-state index is 13.9. The Morgan fingerprint density at radius 3 is 2.15 bits per heavy atom. The first-order valence-electron chi connectivity index (χ1n) is 12.3. The van der Waals surface area contributed by atoms with Gasteiger partial charge in [0, 0.05) is 13.1 Å². The second-order valence-electron chi connectivity index (χ2n) is 8.89. The van der Waals surface area contributed by atoms with Gasteiger partial charge in [-0.1, -0.05) is 60.0 Å². The van der Waals surface area contributed by atoms with Gasteiger partial charge in [-0.15, -0.1) is 0 Å². The van der Waals surface area contributed by atoms with Gasteiger partial charge in [0.25, 0.3) is 10.0 Å². The molecule has 1 atom stereocenters. The molecule has 2 amide bonds. The van der Waals surface area contributed by atoms with Crippen molar-refractivity contribution < 1.29 is 22.4 Å². The fraction of sp³-hybridized carbons (Fsp3) is 0.286. The Balaban J connectivity index is 2.08. The van der Waals surface area contributed by atoms with E-state index in [0.717, 1.165) is 9.87 Å². The van der Waals surface area contributed by atoms with E-state index in [1.165, 1.54) is 59.5 Å². The highest BCUT2D eigenvalue weighted by Gasteiger charge is 2.33. The largest absolute Gasteiger partial charge is 0.355 e. The monoisotopic (exact) mass is 593 g/mol. The van der Waals surface area contributed by atoms with E-state index < -0.39 is 34.3 Å². The van der Waals surface area contributed by atoms with Gasteiger partial charge in [-0.05, 0) is 68.3 Å². The van der Waals surface area contributed by atoms with E-state index in [1.54, 1.807) is 26.0 Å². The van der Waals surface area contributed by atoms with E-state index in [1.807, 2.05) is 6.92 Å². The van der Waals surface area contributed by atoms with Crippen LogP contribution in [0.3, 0.4) is 0 Å². The van der Waals surface area contributed by atoms with Gasteiger partial charge >= 0.3 is 0 Å². The maximum Gasteiger partial charge on any atom is 0.264 e. The highest BCUT2D eigenvalue weighted by atomic mass is 35.5. The Kier molecular flexibility index (Phi) is 10.4. The molecule has 7 nitrogen and oxygen atoms in total. The SMILES string of the molecule is CCNC(=O)C(CC)N(Cc1ccc(F)cc1)C(=O)CN(c1ccc(Cl)c(Cl)c1)S(=O)(=O)c1ccc(C)cc1. The van der Waals surface area contributed by atoms with E-state index in [-0.39, 0.29) is 39.5 Å². The number of amides is 2. The second kappa shape index (κ2) is 13.3. The van der Waals surface area contributed by atoms with Crippen LogP contribution in [0.25, 0.3) is 0 Å². The number of hydrogen-bond acceptors (Lipinski definition) is 4. The van der Waals surface area contributed by atoms with E-state index in [0.29, 0.717) is 12.1 Å². The summed E-state index contributed by atoms with van der Waals surface area (Å²) in [5, 5.41) is 3.07. The Bertz CT molecular complexity index is 1420. The molecule has 0 spiro atoms. The van der Waals surface area contributed by atoms with Crippen LogP contribution in [0.5, 0.6) is 0 Å². The summed E-state index contributed by atoms with van der Waals surface area (Å²) < 4.78 is 42.1. The molecule has 39 heavy (non-hydrogen) atoms. The Morgan fingerprint density at radius 1 is 0.949 bits per heavy atom. The molecule has 0 bridgehead atoms. The Labute approximate surface area is 238 Å². The second-order valence-corrected chi connectivity index (χ2v) is 11.6. The number of hydrogen-bond donors (Lipinski definition) is 1. The topological polar surface area (TPSA) is 86.8 Å². The lowest BCUT2D eigenvalue weighted by molar-refractivity contribution is -0.140. The van der Waals surface area contributed by atoms with Crippen molar-refractivity contribution in [3.63, 3.8) is 0 Å². The van der Waals surface area contributed by atoms with Crippen molar-refractivity contribution in [2.75, 3.05) is 17.4 Å². The molecule has 1 N–H and O–H groups in total. The van der Waals surface area contributed by atoms with Crippen molar-refractivity contribution in [1.29, 1.82) is 0 Å². The average molecular weight is 595 g/mol. The predicted molar refractivity (Wildman–Crippen MR) is 152 cm³/mol. The summed E-state index contributed by atoms with van der Waals surface area (Å²) in [6.45, 7) is 5.04. The van der Waals surface area contributed by atoms with Gasteiger partial charge in [0.15, 0.2) is 0 Å². The lowest BCUT2D eigenvalue weighted by Crippen LogP contribution is -2.52. The van der Waals surface area contributed by atoms with Crippen LogP contribution in [-0.4, -0.2) is 44.3 Å². The van der Waals surface area contributed by atoms with Crippen LogP contribution in [0.1, 0.15) is 31.4 Å². The number of aryl methyl sites for hydroxylation is 1. The lowest BCUT2D eigenvalue weighted by atomic mass is 10.1. The average Bonchev–Trinajstić information content (AvgIpc) is 2.90. The first-order valence-corrected chi connectivity index (χ1v) is 14.5. The van der Waals surface area contributed by atoms with Crippen molar-refractivity contribution in [1.82, 2.24) is 10.2 Å². The molecule has 0 aliphatic rings. The zero-order valence-electron chi connectivity index (χ0n) is 21.8. The van der Waals surface area contributed by atoms with Crippen molar-refractivity contribution >= 4 is 50.7 Å². The molecule has 208 valence electrons. The Morgan fingerprint density at radius 2 is 1.59 bits per heavy atom. The summed E-state index contributed by atoms with van der Waals surface area (Å²) in [4.78, 5) is 28.1. The zero-order chi connectivity index (χ0) is 28.7. The molecule has 0 aromatic heterocycles. The summed E-state index contributed by atoms with van der Waals surface area (Å²) in [7, 11) is -4.24. The molecular weight excluding hydrogens is 564 g/mol. The van der Waals surface area contributed by atoms with Gasteiger partial charge < -0.3 is 10.2 Å². The lowest BCUT2D eigenvalue weighted by Gasteiger charge is -2.33. The van der Waals surface area contributed by atoms with Crippen LogP contribution < -0.4 is 9.62 Å². The molecule has 0 heterocycles. The number of benzene rings is 3. The van der Waals surface area contributed by atoms with Crippen molar-refractivity contribution in [2.45, 2.75) is 44.7 Å². The summed E-state index contributed by atoms with van der Waals surface area (Å²) in [5.74, 6) is -1.44. The van der Waals surface area contributed by atoms with E-state index in [2.05, 4.69) is 5.32 Å². The molecule has 3 aromatic carbocycles. The molecule has 0 aliphatic carbocycles. The molecule has 0 saturated carbocycles.